The van der Waals surface area contributed by atoms with E-state index in [1.165, 1.54) is 11.8 Å². The summed E-state index contributed by atoms with van der Waals surface area (Å²) in [6.07, 6.45) is 1.54. The van der Waals surface area contributed by atoms with Crippen molar-refractivity contribution in [2.45, 2.75) is 44.2 Å². The van der Waals surface area contributed by atoms with Gasteiger partial charge in [0.2, 0.25) is 0 Å². The lowest BCUT2D eigenvalue weighted by atomic mass is 10.1. The van der Waals surface area contributed by atoms with Gasteiger partial charge < -0.3 is 29.7 Å². The Balaban J connectivity index is 1.59. The Bertz CT molecular complexity index is 1210. The summed E-state index contributed by atoms with van der Waals surface area (Å²) < 4.78 is 13.8. The number of hydrogen-bond acceptors (Lipinski definition) is 6. The summed E-state index contributed by atoms with van der Waals surface area (Å²) in [6, 6.07) is 9.92. The number of benzene rings is 1. The van der Waals surface area contributed by atoms with Gasteiger partial charge in [0, 0.05) is 39.3 Å². The minimum atomic E-state index is -0.379. The first-order chi connectivity index (χ1) is 15.9. The highest BCUT2D eigenvalue weighted by Crippen LogP contribution is 2.27. The molecule has 0 saturated carbocycles. The highest BCUT2D eigenvalue weighted by atomic mass is 32.2. The number of nitrogens with one attached hydrogen (secondary N) is 3. The number of aromatic nitrogens is 2. The normalized spacial score (nSPS) is 18.5. The van der Waals surface area contributed by atoms with Crippen molar-refractivity contribution in [2.24, 2.45) is 0 Å². The van der Waals surface area contributed by atoms with Crippen LogP contribution >= 0.6 is 11.8 Å². The fourth-order valence-corrected chi connectivity index (χ4v) is 4.92. The van der Waals surface area contributed by atoms with Crippen molar-refractivity contribution in [3.05, 3.63) is 63.2 Å². The average molecular weight is 471 g/mol. The molecular weight excluding hydrogens is 440 g/mol. The average Bonchev–Trinajstić information content (AvgIpc) is 3.09. The molecule has 0 bridgehead atoms. The van der Waals surface area contributed by atoms with E-state index in [9.17, 15) is 9.59 Å². The third-order valence-corrected chi connectivity index (χ3v) is 6.84. The number of amides is 1. The Kier molecular flexibility index (Phi) is 7.23. The molecule has 4 rings (SSSR count). The zero-order valence-electron chi connectivity index (χ0n) is 19.4. The summed E-state index contributed by atoms with van der Waals surface area (Å²) >= 11 is 1.49. The minimum Gasteiger partial charge on any atom is -0.349 e. The molecule has 3 heterocycles. The Morgan fingerprint density at radius 2 is 1.97 bits per heavy atom. The van der Waals surface area contributed by atoms with Gasteiger partial charge >= 0.3 is 0 Å². The summed E-state index contributed by atoms with van der Waals surface area (Å²) in [5, 5.41) is 6.97. The van der Waals surface area contributed by atoms with Gasteiger partial charge in [-0.1, -0.05) is 18.2 Å². The second-order valence-electron chi connectivity index (χ2n) is 8.18. The highest BCUT2D eigenvalue weighted by Gasteiger charge is 2.25. The van der Waals surface area contributed by atoms with E-state index in [-0.39, 0.29) is 30.3 Å². The molecule has 1 saturated heterocycles. The molecule has 0 radical (unpaired) electrons. The molecule has 0 unspecified atom stereocenters. The van der Waals surface area contributed by atoms with E-state index in [0.29, 0.717) is 30.9 Å². The number of hydrogen-bond donors (Lipinski definition) is 3. The van der Waals surface area contributed by atoms with E-state index in [2.05, 4.69) is 20.2 Å². The molecule has 176 valence electrons. The molecule has 9 heteroatoms. The fourth-order valence-electron chi connectivity index (χ4n) is 4.21. The number of fused-ring (bicyclic) bond motifs is 1. The van der Waals surface area contributed by atoms with Crippen LogP contribution in [0.3, 0.4) is 0 Å². The number of ether oxygens (including phenoxy) is 2. The van der Waals surface area contributed by atoms with Crippen molar-refractivity contribution in [1.82, 2.24) is 20.2 Å². The summed E-state index contributed by atoms with van der Waals surface area (Å²) in [4.78, 5) is 29.4. The van der Waals surface area contributed by atoms with E-state index in [1.807, 2.05) is 57.5 Å². The van der Waals surface area contributed by atoms with Crippen LogP contribution in [0.2, 0.25) is 0 Å². The van der Waals surface area contributed by atoms with E-state index >= 15 is 0 Å². The third kappa shape index (κ3) is 4.86. The van der Waals surface area contributed by atoms with Crippen LogP contribution in [0.15, 0.2) is 40.0 Å². The molecule has 0 atom stereocenters. The first kappa shape index (κ1) is 23.6. The summed E-state index contributed by atoms with van der Waals surface area (Å²) in [6.45, 7) is 5.58. The van der Waals surface area contributed by atoms with Gasteiger partial charge in [-0.25, -0.2) is 0 Å². The number of H-pyrrole nitrogens is 1. The monoisotopic (exact) mass is 470 g/mol. The van der Waals surface area contributed by atoms with Crippen LogP contribution in [-0.2, 0) is 22.6 Å². The minimum absolute atomic E-state index is 0.157. The van der Waals surface area contributed by atoms with Crippen LogP contribution < -0.4 is 16.2 Å². The zero-order valence-corrected chi connectivity index (χ0v) is 20.2. The predicted molar refractivity (Wildman–Crippen MR) is 130 cm³/mol. The van der Waals surface area contributed by atoms with E-state index in [4.69, 9.17) is 9.47 Å². The highest BCUT2D eigenvalue weighted by molar-refractivity contribution is 7.98. The lowest BCUT2D eigenvalue weighted by molar-refractivity contribution is -0.194. The quantitative estimate of drug-likeness (QED) is 0.459. The number of thioether (sulfide) groups is 1. The topological polar surface area (TPSA) is 97.4 Å². The Hall–Kier alpha value is -2.59. The predicted octanol–water partition coefficient (Wildman–Crippen LogP) is 2.56. The summed E-state index contributed by atoms with van der Waals surface area (Å²) in [7, 11) is 1.89. The van der Waals surface area contributed by atoms with Crippen LogP contribution in [0.4, 0.5) is 0 Å². The molecule has 1 aromatic carbocycles. The molecule has 0 spiro atoms. The first-order valence-corrected chi connectivity index (χ1v) is 12.2. The fraction of sp³-hybridized carbons (Fsp3) is 0.417. The molecule has 8 nitrogen and oxygen atoms in total. The lowest BCUT2D eigenvalue weighted by Crippen LogP contribution is -2.44. The maximum atomic E-state index is 13.3. The number of pyridine rings is 1. The lowest BCUT2D eigenvalue weighted by Gasteiger charge is -2.29. The zero-order chi connectivity index (χ0) is 23.5. The Labute approximate surface area is 197 Å². The number of aromatic amines is 1. The number of carbonyl (C=O) groups excluding carboxylic acids is 1. The smallest absolute Gasteiger partial charge is 0.254 e. The van der Waals surface area contributed by atoms with Crippen molar-refractivity contribution in [1.29, 1.82) is 0 Å². The molecule has 1 aliphatic rings. The van der Waals surface area contributed by atoms with Crippen LogP contribution in [0.1, 0.15) is 27.3 Å². The van der Waals surface area contributed by atoms with Crippen molar-refractivity contribution in [3.8, 4) is 0 Å². The van der Waals surface area contributed by atoms with Crippen LogP contribution in [0, 0.1) is 13.8 Å². The SMILES string of the molecule is CNC1COC(Cn2c(C)c(C(=O)NCc3c(SC)cc(C)[nH]c3=O)c3ccccc32)OC1. The molecular formula is C24H30N4O4S. The van der Waals surface area contributed by atoms with Gasteiger partial charge in [0.15, 0.2) is 6.29 Å². The molecule has 3 aromatic rings. The molecule has 2 aromatic heterocycles. The van der Waals surface area contributed by atoms with E-state index in [1.54, 1.807) is 0 Å². The third-order valence-electron chi connectivity index (χ3n) is 6.04. The van der Waals surface area contributed by atoms with Gasteiger partial charge in [-0.2, -0.15) is 0 Å². The molecule has 1 fully saturated rings. The molecule has 33 heavy (non-hydrogen) atoms. The maximum Gasteiger partial charge on any atom is 0.254 e. The summed E-state index contributed by atoms with van der Waals surface area (Å²) in [5.41, 5.74) is 3.56. The van der Waals surface area contributed by atoms with E-state index in [0.717, 1.165) is 27.2 Å². The maximum absolute atomic E-state index is 13.3. The number of para-hydroxylation sites is 1. The van der Waals surface area contributed by atoms with Crippen LogP contribution in [0.5, 0.6) is 0 Å². The van der Waals surface area contributed by atoms with Gasteiger partial charge in [-0.15, -0.1) is 11.8 Å². The Morgan fingerprint density at radius 1 is 1.24 bits per heavy atom. The van der Waals surface area contributed by atoms with Crippen molar-refractivity contribution < 1.29 is 14.3 Å². The molecule has 1 amide bonds. The second-order valence-corrected chi connectivity index (χ2v) is 9.03. The van der Waals surface area contributed by atoms with Gasteiger partial charge in [0.1, 0.15) is 0 Å². The first-order valence-electron chi connectivity index (χ1n) is 11.0. The standard InChI is InChI=1S/C24H30N4O4S/c1-14-9-20(33-4)18(23(29)27-14)10-26-24(30)22-15(2)28(19-8-6-5-7-17(19)22)11-21-31-12-16(25-3)13-32-21/h5-9,16,21,25H,10-13H2,1-4H3,(H,26,30)(H,27,29). The van der Waals surface area contributed by atoms with Gasteiger partial charge in [-0.05, 0) is 39.3 Å². The van der Waals surface area contributed by atoms with Crippen LogP contribution in [0.25, 0.3) is 10.9 Å². The second kappa shape index (κ2) is 10.1. The van der Waals surface area contributed by atoms with Crippen molar-refractivity contribution in [2.75, 3.05) is 26.5 Å². The number of rotatable bonds is 7. The van der Waals surface area contributed by atoms with Gasteiger partial charge in [-0.3, -0.25) is 9.59 Å². The van der Waals surface area contributed by atoms with Gasteiger partial charge in [0.05, 0.1) is 31.4 Å². The molecule has 3 N–H and O–H groups in total. The summed E-state index contributed by atoms with van der Waals surface area (Å²) in [5.74, 6) is -0.213. The van der Waals surface area contributed by atoms with Crippen LogP contribution in [-0.4, -0.2) is 54.3 Å². The van der Waals surface area contributed by atoms with Crippen molar-refractivity contribution >= 4 is 28.6 Å². The number of aryl methyl sites for hydroxylation is 1. The number of nitrogens with zero attached hydrogens (tertiary/aromatic N) is 1. The number of likely N-dealkylation sites (N-methyl/N-ethyl adjacent to an activating group) is 1. The van der Waals surface area contributed by atoms with E-state index < -0.39 is 0 Å². The molecule has 1 aliphatic heterocycles. The molecule has 0 aliphatic carbocycles. The Morgan fingerprint density at radius 3 is 2.67 bits per heavy atom. The van der Waals surface area contributed by atoms with Crippen molar-refractivity contribution in [3.63, 3.8) is 0 Å². The van der Waals surface area contributed by atoms with Gasteiger partial charge in [0.25, 0.3) is 11.5 Å². The number of carbonyl (C=O) groups is 1. The largest absolute Gasteiger partial charge is 0.349 e.